The quantitative estimate of drug-likeness (QED) is 0.588. The molecule has 0 saturated carbocycles. The Kier molecular flexibility index (Phi) is 6.08. The van der Waals surface area contributed by atoms with Crippen LogP contribution >= 0.6 is 0 Å². The van der Waals surface area contributed by atoms with E-state index in [0.29, 0.717) is 19.6 Å². The van der Waals surface area contributed by atoms with E-state index in [4.69, 9.17) is 4.74 Å². The molecule has 3 heteroatoms. The predicted octanol–water partition coefficient (Wildman–Crippen LogP) is 5.11. The van der Waals surface area contributed by atoms with Crippen molar-refractivity contribution in [3.05, 3.63) is 83.4 Å². The van der Waals surface area contributed by atoms with Crippen LogP contribution in [0.1, 0.15) is 36.0 Å². The van der Waals surface area contributed by atoms with E-state index in [1.807, 2.05) is 0 Å². The van der Waals surface area contributed by atoms with Crippen molar-refractivity contribution in [2.45, 2.75) is 38.8 Å². The molecule has 0 aromatic heterocycles. The molecule has 1 aliphatic rings. The molecule has 0 bridgehead atoms. The molecule has 3 aromatic carbocycles. The van der Waals surface area contributed by atoms with Gasteiger partial charge in [-0.15, -0.1) is 0 Å². The van der Waals surface area contributed by atoms with E-state index >= 15 is 0 Å². The monoisotopic (exact) mass is 387 g/mol. The zero-order chi connectivity index (χ0) is 20.2. The molecule has 150 valence electrons. The molecule has 0 spiro atoms. The molecule has 3 nitrogen and oxygen atoms in total. The average molecular weight is 388 g/mol. The minimum absolute atomic E-state index is 0.164. The van der Waals surface area contributed by atoms with E-state index in [2.05, 4.69) is 85.5 Å². The third kappa shape index (κ3) is 4.58. The van der Waals surface area contributed by atoms with Crippen molar-refractivity contribution >= 4 is 16.6 Å². The predicted molar refractivity (Wildman–Crippen MR) is 118 cm³/mol. The zero-order valence-electron chi connectivity index (χ0n) is 17.3. The van der Waals surface area contributed by atoms with E-state index < -0.39 is 0 Å². The Morgan fingerprint density at radius 1 is 1.07 bits per heavy atom. The summed E-state index contributed by atoms with van der Waals surface area (Å²) in [7, 11) is 0. The largest absolute Gasteiger partial charge is 0.378 e. The number of rotatable bonds is 6. The molecular weight excluding hydrogens is 358 g/mol. The number of carbonyl (C=O) groups excluding carboxylic acids is 1. The lowest BCUT2D eigenvalue weighted by molar-refractivity contribution is -0.131. The number of hydrogen-bond donors (Lipinski definition) is 0. The maximum absolute atomic E-state index is 13.3. The summed E-state index contributed by atoms with van der Waals surface area (Å²) in [5, 5.41) is 2.47. The molecule has 1 aliphatic heterocycles. The van der Waals surface area contributed by atoms with Crippen LogP contribution in [-0.2, 0) is 16.1 Å². The van der Waals surface area contributed by atoms with E-state index in [-0.39, 0.29) is 17.7 Å². The fourth-order valence-electron chi connectivity index (χ4n) is 4.28. The second-order valence-electron chi connectivity index (χ2n) is 8.19. The number of nitrogens with zero attached hydrogens (tertiary/aromatic N) is 1. The molecule has 0 radical (unpaired) electrons. The molecule has 0 N–H and O–H groups in total. The van der Waals surface area contributed by atoms with Crippen LogP contribution in [0.5, 0.6) is 0 Å². The summed E-state index contributed by atoms with van der Waals surface area (Å²) >= 11 is 0. The summed E-state index contributed by atoms with van der Waals surface area (Å²) in [6.07, 6.45) is 0.534. The van der Waals surface area contributed by atoms with E-state index in [0.717, 1.165) is 13.1 Å². The van der Waals surface area contributed by atoms with Gasteiger partial charge in [-0.05, 0) is 34.7 Å². The van der Waals surface area contributed by atoms with E-state index in [9.17, 15) is 4.79 Å². The Labute approximate surface area is 173 Å². The topological polar surface area (TPSA) is 29.5 Å². The first-order valence-corrected chi connectivity index (χ1v) is 10.5. The summed E-state index contributed by atoms with van der Waals surface area (Å²) < 4.78 is 5.69. The van der Waals surface area contributed by atoms with Gasteiger partial charge in [-0.25, -0.2) is 0 Å². The van der Waals surface area contributed by atoms with Crippen molar-refractivity contribution < 1.29 is 9.53 Å². The molecule has 1 heterocycles. The molecule has 2 atom stereocenters. The minimum Gasteiger partial charge on any atom is -0.378 e. The fourth-order valence-corrected chi connectivity index (χ4v) is 4.28. The molecule has 0 aliphatic carbocycles. The number of aryl methyl sites for hydroxylation is 1. The van der Waals surface area contributed by atoms with Crippen LogP contribution in [0.4, 0.5) is 0 Å². The fraction of sp³-hybridized carbons (Fsp3) is 0.346. The average Bonchev–Trinajstić information content (AvgIpc) is 2.75. The zero-order valence-corrected chi connectivity index (χ0v) is 17.3. The van der Waals surface area contributed by atoms with Gasteiger partial charge in [0.15, 0.2) is 5.78 Å². The van der Waals surface area contributed by atoms with Gasteiger partial charge < -0.3 is 4.74 Å². The van der Waals surface area contributed by atoms with Crippen molar-refractivity contribution in [2.24, 2.45) is 0 Å². The van der Waals surface area contributed by atoms with Gasteiger partial charge in [0, 0.05) is 19.5 Å². The van der Waals surface area contributed by atoms with Crippen LogP contribution in [0.2, 0.25) is 0 Å². The summed E-state index contributed by atoms with van der Waals surface area (Å²) in [6, 6.07) is 23.2. The maximum atomic E-state index is 13.3. The van der Waals surface area contributed by atoms with Gasteiger partial charge in [0.2, 0.25) is 0 Å². The van der Waals surface area contributed by atoms with Gasteiger partial charge in [0.05, 0.1) is 19.3 Å². The number of hydrogen-bond acceptors (Lipinski definition) is 3. The number of Topliss-reactive ketones (excluding diaryl/α,β-unsaturated/α-hetero) is 1. The lowest BCUT2D eigenvalue weighted by atomic mass is 9.89. The Hall–Kier alpha value is -2.49. The second-order valence-corrected chi connectivity index (χ2v) is 8.19. The highest BCUT2D eigenvalue weighted by Gasteiger charge is 2.30. The lowest BCUT2D eigenvalue weighted by Crippen LogP contribution is -2.49. The van der Waals surface area contributed by atoms with Crippen molar-refractivity contribution in [3.63, 3.8) is 0 Å². The number of ketones is 1. The van der Waals surface area contributed by atoms with E-state index in [1.54, 1.807) is 0 Å². The third-order valence-corrected chi connectivity index (χ3v) is 5.98. The Balaban J connectivity index is 1.48. The summed E-state index contributed by atoms with van der Waals surface area (Å²) in [6.45, 7) is 7.03. The van der Waals surface area contributed by atoms with Gasteiger partial charge in [0.1, 0.15) is 0 Å². The Bertz CT molecular complexity index is 974. The van der Waals surface area contributed by atoms with Gasteiger partial charge in [0.25, 0.3) is 0 Å². The van der Waals surface area contributed by atoms with Crippen LogP contribution in [0.3, 0.4) is 0 Å². The SMILES string of the molecule is Cc1ccc(CN2CCOCC2C(=O)C[C@H](C)c2cccc3ccccc23)cc1. The van der Waals surface area contributed by atoms with Gasteiger partial charge in [-0.3, -0.25) is 9.69 Å². The van der Waals surface area contributed by atoms with Crippen LogP contribution in [-0.4, -0.2) is 36.5 Å². The molecular formula is C26H29NO2. The van der Waals surface area contributed by atoms with Crippen molar-refractivity contribution in [1.82, 2.24) is 4.90 Å². The lowest BCUT2D eigenvalue weighted by Gasteiger charge is -2.35. The first kappa shape index (κ1) is 19.8. The van der Waals surface area contributed by atoms with Gasteiger partial charge in [-0.2, -0.15) is 0 Å². The molecule has 0 amide bonds. The maximum Gasteiger partial charge on any atom is 0.152 e. The molecule has 3 aromatic rings. The minimum atomic E-state index is -0.164. The summed E-state index contributed by atoms with van der Waals surface area (Å²) in [5.74, 6) is 0.453. The normalized spacial score (nSPS) is 18.6. The summed E-state index contributed by atoms with van der Waals surface area (Å²) in [4.78, 5) is 15.5. The first-order chi connectivity index (χ1) is 14.1. The van der Waals surface area contributed by atoms with Crippen molar-refractivity contribution in [3.8, 4) is 0 Å². The number of fused-ring (bicyclic) bond motifs is 1. The van der Waals surface area contributed by atoms with Crippen LogP contribution < -0.4 is 0 Å². The first-order valence-electron chi connectivity index (χ1n) is 10.5. The van der Waals surface area contributed by atoms with Crippen LogP contribution in [0, 0.1) is 6.92 Å². The smallest absolute Gasteiger partial charge is 0.152 e. The Morgan fingerprint density at radius 2 is 1.83 bits per heavy atom. The van der Waals surface area contributed by atoms with E-state index in [1.165, 1.54) is 27.5 Å². The van der Waals surface area contributed by atoms with Crippen LogP contribution in [0.25, 0.3) is 10.8 Å². The number of ether oxygens (including phenoxy) is 1. The molecule has 1 saturated heterocycles. The second kappa shape index (κ2) is 8.89. The van der Waals surface area contributed by atoms with Crippen molar-refractivity contribution in [1.29, 1.82) is 0 Å². The number of benzene rings is 3. The van der Waals surface area contributed by atoms with Crippen LogP contribution in [0.15, 0.2) is 66.7 Å². The highest BCUT2D eigenvalue weighted by Crippen LogP contribution is 2.29. The highest BCUT2D eigenvalue weighted by molar-refractivity contribution is 5.88. The highest BCUT2D eigenvalue weighted by atomic mass is 16.5. The Morgan fingerprint density at radius 3 is 2.66 bits per heavy atom. The molecule has 29 heavy (non-hydrogen) atoms. The molecule has 1 unspecified atom stereocenters. The standard InChI is InChI=1S/C26H29NO2/c1-19-10-12-21(13-11-19)17-27-14-15-29-18-25(27)26(28)16-20(2)23-9-5-7-22-6-3-4-8-24(22)23/h3-13,20,25H,14-18H2,1-2H3/t20-,25?/m0/s1. The van der Waals surface area contributed by atoms with Gasteiger partial charge >= 0.3 is 0 Å². The summed E-state index contributed by atoms with van der Waals surface area (Å²) in [5.41, 5.74) is 3.75. The number of morpholine rings is 1. The number of carbonyl (C=O) groups is 1. The molecule has 4 rings (SSSR count). The van der Waals surface area contributed by atoms with Crippen molar-refractivity contribution in [2.75, 3.05) is 19.8 Å². The molecule has 1 fully saturated rings. The third-order valence-electron chi connectivity index (χ3n) is 5.98. The van der Waals surface area contributed by atoms with Gasteiger partial charge in [-0.1, -0.05) is 79.2 Å².